The molecule has 3 aromatic rings. The average Bonchev–Trinajstić information content (AvgIpc) is 3.35. The lowest BCUT2D eigenvalue weighted by Crippen LogP contribution is -2.08. The minimum atomic E-state index is -0.173. The largest absolute Gasteiger partial charge is 0.481 e. The molecule has 1 aliphatic rings. The normalized spacial score (nSPS) is 13.9. The van der Waals surface area contributed by atoms with Crippen molar-refractivity contribution in [1.29, 1.82) is 0 Å². The Kier molecular flexibility index (Phi) is 3.37. The van der Waals surface area contributed by atoms with Crippen LogP contribution in [0.15, 0.2) is 24.5 Å². The number of methoxy groups -OCH3 is 1. The molecule has 3 aromatic heterocycles. The molecule has 0 atom stereocenters. The van der Waals surface area contributed by atoms with E-state index in [1.54, 1.807) is 36.3 Å². The summed E-state index contributed by atoms with van der Waals surface area (Å²) in [5.41, 5.74) is 1.81. The van der Waals surface area contributed by atoms with Crippen molar-refractivity contribution in [1.82, 2.24) is 24.7 Å². The van der Waals surface area contributed by atoms with E-state index in [1.807, 2.05) is 0 Å². The van der Waals surface area contributed by atoms with Gasteiger partial charge in [0.05, 0.1) is 18.3 Å². The first-order valence-corrected chi connectivity index (χ1v) is 7.69. The van der Waals surface area contributed by atoms with Crippen LogP contribution in [0, 0.1) is 0 Å². The van der Waals surface area contributed by atoms with Crippen molar-refractivity contribution < 1.29 is 9.53 Å². The standard InChI is InChI=1S/C16H16N6O2/c1-9(23)19-13-7-12-11(8-18-13)15(10-3-4-10)21-22(12)16-17-6-5-14(20-16)24-2/h5-8,10H,3-4H2,1-2H3,(H,18,19,23). The Morgan fingerprint density at radius 3 is 2.92 bits per heavy atom. The highest BCUT2D eigenvalue weighted by molar-refractivity contribution is 5.91. The van der Waals surface area contributed by atoms with Crippen LogP contribution in [-0.2, 0) is 4.79 Å². The first kappa shape index (κ1) is 14.6. The molecule has 1 N–H and O–H groups in total. The number of hydrogen-bond acceptors (Lipinski definition) is 6. The van der Waals surface area contributed by atoms with Crippen molar-refractivity contribution in [2.24, 2.45) is 0 Å². The summed E-state index contributed by atoms with van der Waals surface area (Å²) in [5.74, 6) is 1.64. The zero-order valence-electron chi connectivity index (χ0n) is 13.4. The van der Waals surface area contributed by atoms with E-state index in [0.717, 1.165) is 29.4 Å². The van der Waals surface area contributed by atoms with Gasteiger partial charge in [-0.05, 0) is 12.8 Å². The van der Waals surface area contributed by atoms with E-state index in [1.165, 1.54) is 6.92 Å². The molecule has 0 radical (unpaired) electrons. The molecule has 1 fully saturated rings. The number of anilines is 1. The maximum absolute atomic E-state index is 11.3. The first-order chi connectivity index (χ1) is 11.7. The van der Waals surface area contributed by atoms with Crippen LogP contribution in [0.3, 0.4) is 0 Å². The Morgan fingerprint density at radius 2 is 2.21 bits per heavy atom. The van der Waals surface area contributed by atoms with Crippen molar-refractivity contribution in [3.05, 3.63) is 30.2 Å². The highest BCUT2D eigenvalue weighted by atomic mass is 16.5. The Bertz CT molecular complexity index is 931. The topological polar surface area (TPSA) is 94.8 Å². The fourth-order valence-electron chi connectivity index (χ4n) is 2.64. The molecule has 0 saturated heterocycles. The van der Waals surface area contributed by atoms with Crippen molar-refractivity contribution in [2.75, 3.05) is 12.4 Å². The Hall–Kier alpha value is -3.03. The van der Waals surface area contributed by atoms with Gasteiger partial charge in [-0.25, -0.2) is 9.97 Å². The number of fused-ring (bicyclic) bond motifs is 1. The molecule has 1 saturated carbocycles. The quantitative estimate of drug-likeness (QED) is 0.789. The summed E-state index contributed by atoms with van der Waals surface area (Å²) < 4.78 is 6.85. The van der Waals surface area contributed by atoms with Gasteiger partial charge in [0.15, 0.2) is 0 Å². The van der Waals surface area contributed by atoms with Crippen LogP contribution in [0.5, 0.6) is 5.88 Å². The summed E-state index contributed by atoms with van der Waals surface area (Å²) in [4.78, 5) is 24.3. The minimum Gasteiger partial charge on any atom is -0.481 e. The Labute approximate surface area is 137 Å². The second kappa shape index (κ2) is 5.55. The van der Waals surface area contributed by atoms with E-state index in [9.17, 15) is 4.79 Å². The number of ether oxygens (including phenoxy) is 1. The molecule has 4 rings (SSSR count). The van der Waals surface area contributed by atoms with Crippen molar-refractivity contribution in [2.45, 2.75) is 25.7 Å². The molecule has 0 spiro atoms. The number of aromatic nitrogens is 5. The van der Waals surface area contributed by atoms with Gasteiger partial charge in [0, 0.05) is 42.8 Å². The zero-order chi connectivity index (χ0) is 16.7. The Balaban J connectivity index is 1.90. The van der Waals surface area contributed by atoms with Gasteiger partial charge in [-0.1, -0.05) is 0 Å². The molecule has 1 amide bonds. The lowest BCUT2D eigenvalue weighted by molar-refractivity contribution is -0.114. The number of nitrogens with one attached hydrogen (secondary N) is 1. The summed E-state index contributed by atoms with van der Waals surface area (Å²) >= 11 is 0. The van der Waals surface area contributed by atoms with Gasteiger partial charge in [0.25, 0.3) is 5.95 Å². The summed E-state index contributed by atoms with van der Waals surface area (Å²) in [6, 6.07) is 3.47. The van der Waals surface area contributed by atoms with Crippen LogP contribution in [0.25, 0.3) is 16.9 Å². The fraction of sp³-hybridized carbons (Fsp3) is 0.312. The molecular weight excluding hydrogens is 308 g/mol. The number of nitrogens with zero attached hydrogens (tertiary/aromatic N) is 5. The van der Waals surface area contributed by atoms with Crippen LogP contribution in [0.2, 0.25) is 0 Å². The van der Waals surface area contributed by atoms with Gasteiger partial charge in [-0.15, -0.1) is 0 Å². The van der Waals surface area contributed by atoms with E-state index < -0.39 is 0 Å². The van der Waals surface area contributed by atoms with Gasteiger partial charge in [-0.3, -0.25) is 4.79 Å². The molecule has 8 heteroatoms. The molecule has 0 bridgehead atoms. The number of hydrogen-bond donors (Lipinski definition) is 1. The highest BCUT2D eigenvalue weighted by Crippen LogP contribution is 2.42. The second-order valence-electron chi connectivity index (χ2n) is 5.74. The van der Waals surface area contributed by atoms with E-state index in [2.05, 4.69) is 20.3 Å². The maximum Gasteiger partial charge on any atom is 0.254 e. The predicted molar refractivity (Wildman–Crippen MR) is 87.3 cm³/mol. The monoisotopic (exact) mass is 324 g/mol. The summed E-state index contributed by atoms with van der Waals surface area (Å²) in [6.07, 6.45) is 5.62. The minimum absolute atomic E-state index is 0.173. The van der Waals surface area contributed by atoms with Gasteiger partial charge >= 0.3 is 0 Å². The van der Waals surface area contributed by atoms with Crippen LogP contribution in [0.1, 0.15) is 31.4 Å². The van der Waals surface area contributed by atoms with Gasteiger partial charge < -0.3 is 10.1 Å². The molecule has 3 heterocycles. The predicted octanol–water partition coefficient (Wildman–Crippen LogP) is 2.05. The number of pyridine rings is 1. The molecular formula is C16H16N6O2. The summed E-state index contributed by atoms with van der Waals surface area (Å²) in [7, 11) is 1.56. The molecule has 1 aliphatic carbocycles. The van der Waals surface area contributed by atoms with Crippen LogP contribution < -0.4 is 10.1 Å². The van der Waals surface area contributed by atoms with Crippen molar-refractivity contribution >= 4 is 22.6 Å². The number of carbonyl (C=O) groups excluding carboxylic acids is 1. The van der Waals surface area contributed by atoms with Gasteiger partial charge in [0.1, 0.15) is 5.82 Å². The molecule has 0 aromatic carbocycles. The third-order valence-corrected chi connectivity index (χ3v) is 3.88. The van der Waals surface area contributed by atoms with Crippen molar-refractivity contribution in [3.63, 3.8) is 0 Å². The average molecular weight is 324 g/mol. The zero-order valence-corrected chi connectivity index (χ0v) is 13.4. The number of amides is 1. The maximum atomic E-state index is 11.3. The summed E-state index contributed by atoms with van der Waals surface area (Å²) in [6.45, 7) is 1.45. The lowest BCUT2D eigenvalue weighted by Gasteiger charge is -2.05. The second-order valence-corrected chi connectivity index (χ2v) is 5.74. The third-order valence-electron chi connectivity index (χ3n) is 3.88. The molecule has 122 valence electrons. The van der Waals surface area contributed by atoms with Crippen LogP contribution >= 0.6 is 0 Å². The molecule has 0 aliphatic heterocycles. The molecule has 8 nitrogen and oxygen atoms in total. The van der Waals surface area contributed by atoms with E-state index in [-0.39, 0.29) is 5.91 Å². The van der Waals surface area contributed by atoms with E-state index in [0.29, 0.717) is 23.6 Å². The van der Waals surface area contributed by atoms with Crippen LogP contribution in [0.4, 0.5) is 5.82 Å². The number of carbonyl (C=O) groups is 1. The first-order valence-electron chi connectivity index (χ1n) is 7.69. The lowest BCUT2D eigenvalue weighted by atomic mass is 10.2. The Morgan fingerprint density at radius 1 is 1.38 bits per heavy atom. The van der Waals surface area contributed by atoms with Crippen LogP contribution in [-0.4, -0.2) is 37.7 Å². The SMILES string of the molecule is COc1ccnc(-n2nc(C3CC3)c3cnc(NC(C)=O)cc32)n1. The summed E-state index contributed by atoms with van der Waals surface area (Å²) in [5, 5.41) is 8.35. The third kappa shape index (κ3) is 2.55. The molecule has 24 heavy (non-hydrogen) atoms. The highest BCUT2D eigenvalue weighted by Gasteiger charge is 2.30. The fourth-order valence-corrected chi connectivity index (χ4v) is 2.64. The molecule has 0 unspecified atom stereocenters. The number of rotatable bonds is 4. The smallest absolute Gasteiger partial charge is 0.254 e. The van der Waals surface area contributed by atoms with Gasteiger partial charge in [0.2, 0.25) is 11.8 Å². The van der Waals surface area contributed by atoms with E-state index >= 15 is 0 Å². The van der Waals surface area contributed by atoms with E-state index in [4.69, 9.17) is 9.84 Å². The van der Waals surface area contributed by atoms with Gasteiger partial charge in [-0.2, -0.15) is 14.8 Å². The van der Waals surface area contributed by atoms with Crippen molar-refractivity contribution in [3.8, 4) is 11.8 Å².